The monoisotopic (exact) mass is 377 g/mol. The molecule has 144 valence electrons. The van der Waals surface area contributed by atoms with Gasteiger partial charge < -0.3 is 10.6 Å². The van der Waals surface area contributed by atoms with Gasteiger partial charge in [-0.15, -0.1) is 0 Å². The van der Waals surface area contributed by atoms with E-state index in [-0.39, 0.29) is 18.4 Å². The van der Waals surface area contributed by atoms with Crippen LogP contribution in [-0.2, 0) is 29.0 Å². The average molecular weight is 377 g/mol. The Morgan fingerprint density at radius 1 is 1.11 bits per heavy atom. The van der Waals surface area contributed by atoms with Crippen molar-refractivity contribution in [2.75, 3.05) is 6.54 Å². The van der Waals surface area contributed by atoms with Gasteiger partial charge in [0, 0.05) is 13.0 Å². The Kier molecular flexibility index (Phi) is 4.63. The number of aryl methyl sites for hydroxylation is 2. The van der Waals surface area contributed by atoms with Gasteiger partial charge in [-0.25, -0.2) is 4.79 Å². The first-order chi connectivity index (χ1) is 13.5. The molecule has 2 aliphatic rings. The van der Waals surface area contributed by atoms with Crippen LogP contribution in [0, 0.1) is 6.92 Å². The lowest BCUT2D eigenvalue weighted by atomic mass is 9.78. The second-order valence-electron chi connectivity index (χ2n) is 7.61. The van der Waals surface area contributed by atoms with Gasteiger partial charge in [0.05, 0.1) is 0 Å². The number of imide groups is 1. The van der Waals surface area contributed by atoms with Crippen molar-refractivity contribution in [3.63, 3.8) is 0 Å². The van der Waals surface area contributed by atoms with E-state index in [1.165, 1.54) is 5.56 Å². The van der Waals surface area contributed by atoms with Gasteiger partial charge in [0.1, 0.15) is 12.1 Å². The minimum absolute atomic E-state index is 0.264. The highest BCUT2D eigenvalue weighted by molar-refractivity contribution is 6.09. The fourth-order valence-electron chi connectivity index (χ4n) is 3.95. The van der Waals surface area contributed by atoms with E-state index in [4.69, 9.17) is 0 Å². The molecule has 1 atom stereocenters. The fourth-order valence-corrected chi connectivity index (χ4v) is 3.95. The van der Waals surface area contributed by atoms with Gasteiger partial charge in [0.2, 0.25) is 5.91 Å². The zero-order valence-electron chi connectivity index (χ0n) is 15.8. The lowest BCUT2D eigenvalue weighted by Gasteiger charge is -2.32. The summed E-state index contributed by atoms with van der Waals surface area (Å²) in [5, 5.41) is 5.63. The summed E-state index contributed by atoms with van der Waals surface area (Å²) in [6.45, 7) is 2.10. The molecule has 2 N–H and O–H groups in total. The third-order valence-electron chi connectivity index (χ3n) is 5.59. The van der Waals surface area contributed by atoms with Crippen LogP contribution in [0.5, 0.6) is 0 Å². The van der Waals surface area contributed by atoms with E-state index in [0.29, 0.717) is 19.4 Å². The SMILES string of the molecule is Cc1ccc(CNC(=O)CN2C(=O)NC3(CCc4ccccc4C3)C2=O)cc1. The van der Waals surface area contributed by atoms with Gasteiger partial charge in [0.25, 0.3) is 5.91 Å². The topological polar surface area (TPSA) is 78.5 Å². The van der Waals surface area contributed by atoms with E-state index in [1.54, 1.807) is 0 Å². The molecule has 1 saturated heterocycles. The van der Waals surface area contributed by atoms with Gasteiger partial charge in [0.15, 0.2) is 0 Å². The van der Waals surface area contributed by atoms with Crippen LogP contribution < -0.4 is 10.6 Å². The Labute approximate surface area is 163 Å². The number of nitrogens with zero attached hydrogens (tertiary/aromatic N) is 1. The molecule has 1 aliphatic carbocycles. The van der Waals surface area contributed by atoms with Crippen LogP contribution in [-0.4, -0.2) is 34.8 Å². The number of hydrogen-bond acceptors (Lipinski definition) is 3. The highest BCUT2D eigenvalue weighted by Gasteiger charge is 2.52. The predicted octanol–water partition coefficient (Wildman–Crippen LogP) is 2.09. The molecule has 6 nitrogen and oxygen atoms in total. The average Bonchev–Trinajstić information content (AvgIpc) is 2.91. The van der Waals surface area contributed by atoms with E-state index < -0.39 is 11.6 Å². The minimum atomic E-state index is -0.928. The van der Waals surface area contributed by atoms with E-state index in [9.17, 15) is 14.4 Å². The third kappa shape index (κ3) is 3.38. The number of urea groups is 1. The van der Waals surface area contributed by atoms with Gasteiger partial charge in [-0.2, -0.15) is 0 Å². The lowest BCUT2D eigenvalue weighted by Crippen LogP contribution is -2.51. The van der Waals surface area contributed by atoms with E-state index in [0.717, 1.165) is 28.0 Å². The Balaban J connectivity index is 1.40. The number of nitrogens with one attached hydrogen (secondary N) is 2. The van der Waals surface area contributed by atoms with Crippen LogP contribution in [0.1, 0.15) is 28.7 Å². The molecule has 1 aliphatic heterocycles. The van der Waals surface area contributed by atoms with Crippen molar-refractivity contribution in [1.82, 2.24) is 15.5 Å². The highest BCUT2D eigenvalue weighted by Crippen LogP contribution is 2.33. The first-order valence-corrected chi connectivity index (χ1v) is 9.50. The maximum Gasteiger partial charge on any atom is 0.325 e. The molecule has 0 bridgehead atoms. The second-order valence-corrected chi connectivity index (χ2v) is 7.61. The molecule has 28 heavy (non-hydrogen) atoms. The molecule has 2 aromatic carbocycles. The van der Waals surface area contributed by atoms with Crippen molar-refractivity contribution in [1.29, 1.82) is 0 Å². The van der Waals surface area contributed by atoms with Crippen LogP contribution in [0.4, 0.5) is 4.79 Å². The number of fused-ring (bicyclic) bond motifs is 1. The summed E-state index contributed by atoms with van der Waals surface area (Å²) in [5.74, 6) is -0.658. The maximum absolute atomic E-state index is 13.0. The molecule has 1 spiro atoms. The molecule has 1 fully saturated rings. The summed E-state index contributed by atoms with van der Waals surface area (Å²) >= 11 is 0. The van der Waals surface area contributed by atoms with Gasteiger partial charge in [-0.05, 0) is 36.5 Å². The third-order valence-corrected chi connectivity index (χ3v) is 5.59. The Bertz CT molecular complexity index is 938. The molecule has 6 heteroatoms. The molecular formula is C22H23N3O3. The molecule has 4 rings (SSSR count). The van der Waals surface area contributed by atoms with E-state index in [1.807, 2.05) is 49.4 Å². The van der Waals surface area contributed by atoms with Crippen molar-refractivity contribution >= 4 is 17.8 Å². The van der Waals surface area contributed by atoms with Crippen LogP contribution >= 0.6 is 0 Å². The normalized spacial score (nSPS) is 20.8. The molecular weight excluding hydrogens is 354 g/mol. The Morgan fingerprint density at radius 3 is 2.57 bits per heavy atom. The number of carbonyl (C=O) groups is 3. The van der Waals surface area contributed by atoms with Gasteiger partial charge in [-0.3, -0.25) is 14.5 Å². The standard InChI is InChI=1S/C22H23N3O3/c1-15-6-8-16(9-7-15)13-23-19(26)14-25-20(27)22(24-21(25)28)11-10-17-4-2-3-5-18(17)12-22/h2-9H,10-14H2,1H3,(H,23,26)(H,24,28). The lowest BCUT2D eigenvalue weighted by molar-refractivity contribution is -0.135. The summed E-state index contributed by atoms with van der Waals surface area (Å²) in [6.07, 6.45) is 1.75. The maximum atomic E-state index is 13.0. The summed E-state index contributed by atoms with van der Waals surface area (Å²) in [6, 6.07) is 15.3. The van der Waals surface area contributed by atoms with Crippen LogP contribution in [0.15, 0.2) is 48.5 Å². The van der Waals surface area contributed by atoms with Crippen molar-refractivity contribution < 1.29 is 14.4 Å². The van der Waals surface area contributed by atoms with E-state index >= 15 is 0 Å². The Hall–Kier alpha value is -3.15. The molecule has 0 saturated carbocycles. The molecule has 1 unspecified atom stereocenters. The first kappa shape index (κ1) is 18.2. The van der Waals surface area contributed by atoms with Crippen molar-refractivity contribution in [2.45, 2.75) is 38.3 Å². The summed E-state index contributed by atoms with van der Waals surface area (Å²) in [7, 11) is 0. The number of benzene rings is 2. The first-order valence-electron chi connectivity index (χ1n) is 9.50. The zero-order valence-corrected chi connectivity index (χ0v) is 15.8. The molecule has 0 radical (unpaired) electrons. The summed E-state index contributed by atoms with van der Waals surface area (Å²) in [4.78, 5) is 38.8. The molecule has 2 aromatic rings. The highest BCUT2D eigenvalue weighted by atomic mass is 16.2. The minimum Gasteiger partial charge on any atom is -0.350 e. The largest absolute Gasteiger partial charge is 0.350 e. The summed E-state index contributed by atoms with van der Waals surface area (Å²) in [5.41, 5.74) is 3.48. The smallest absolute Gasteiger partial charge is 0.325 e. The van der Waals surface area contributed by atoms with Crippen molar-refractivity contribution in [3.05, 3.63) is 70.8 Å². The van der Waals surface area contributed by atoms with Gasteiger partial charge >= 0.3 is 6.03 Å². The van der Waals surface area contributed by atoms with Crippen LogP contribution in [0.3, 0.4) is 0 Å². The Morgan fingerprint density at radius 2 is 1.82 bits per heavy atom. The number of carbonyl (C=O) groups excluding carboxylic acids is 3. The quantitative estimate of drug-likeness (QED) is 0.801. The van der Waals surface area contributed by atoms with Gasteiger partial charge in [-0.1, -0.05) is 54.1 Å². The number of amides is 4. The molecule has 4 amide bonds. The second kappa shape index (κ2) is 7.11. The number of hydrogen-bond donors (Lipinski definition) is 2. The fraction of sp³-hybridized carbons (Fsp3) is 0.318. The summed E-state index contributed by atoms with van der Waals surface area (Å²) < 4.78 is 0. The van der Waals surface area contributed by atoms with Crippen LogP contribution in [0.2, 0.25) is 0 Å². The predicted molar refractivity (Wildman–Crippen MR) is 104 cm³/mol. The van der Waals surface area contributed by atoms with Crippen molar-refractivity contribution in [2.24, 2.45) is 0 Å². The number of rotatable bonds is 4. The van der Waals surface area contributed by atoms with Crippen LogP contribution in [0.25, 0.3) is 0 Å². The molecule has 0 aromatic heterocycles. The molecule has 1 heterocycles. The van der Waals surface area contributed by atoms with E-state index in [2.05, 4.69) is 16.7 Å². The van der Waals surface area contributed by atoms with Crippen molar-refractivity contribution in [3.8, 4) is 0 Å². The zero-order chi connectivity index (χ0) is 19.7.